The molecule has 3 rings (SSSR count). The van der Waals surface area contributed by atoms with Gasteiger partial charge in [-0.1, -0.05) is 17.4 Å². The van der Waals surface area contributed by atoms with Crippen LogP contribution in [0.3, 0.4) is 0 Å². The second-order valence-electron chi connectivity index (χ2n) is 3.19. The van der Waals surface area contributed by atoms with Crippen molar-refractivity contribution in [3.05, 3.63) is 30.6 Å². The molecule has 17 heavy (non-hydrogen) atoms. The first-order valence-electron chi connectivity index (χ1n) is 4.79. The maximum Gasteiger partial charge on any atom is 0.203 e. The van der Waals surface area contributed by atoms with Crippen LogP contribution in [0.2, 0.25) is 0 Å². The van der Waals surface area contributed by atoms with E-state index in [1.165, 1.54) is 22.7 Å². The molecular formula is C10H7N5S2. The highest BCUT2D eigenvalue weighted by Crippen LogP contribution is 2.33. The number of nitrogens with two attached hydrogens (primary N) is 1. The van der Waals surface area contributed by atoms with Gasteiger partial charge < -0.3 is 5.73 Å². The van der Waals surface area contributed by atoms with Gasteiger partial charge >= 0.3 is 0 Å². The Labute approximate surface area is 105 Å². The predicted molar refractivity (Wildman–Crippen MR) is 68.7 cm³/mol. The van der Waals surface area contributed by atoms with Crippen molar-refractivity contribution in [2.45, 2.75) is 0 Å². The number of nitrogen functional groups attached to an aromatic ring is 1. The average molecular weight is 261 g/mol. The fourth-order valence-corrected chi connectivity index (χ4v) is 2.85. The Morgan fingerprint density at radius 3 is 2.65 bits per heavy atom. The maximum atomic E-state index is 5.55. The Bertz CT molecular complexity index is 631. The number of thiazole rings is 1. The Kier molecular flexibility index (Phi) is 2.54. The van der Waals surface area contributed by atoms with Gasteiger partial charge in [0, 0.05) is 12.4 Å². The van der Waals surface area contributed by atoms with E-state index in [1.54, 1.807) is 12.4 Å². The second kappa shape index (κ2) is 4.19. The lowest BCUT2D eigenvalue weighted by Crippen LogP contribution is -1.79. The van der Waals surface area contributed by atoms with Crippen molar-refractivity contribution in [2.75, 3.05) is 5.73 Å². The fraction of sp³-hybridized carbons (Fsp3) is 0. The zero-order valence-electron chi connectivity index (χ0n) is 8.57. The van der Waals surface area contributed by atoms with Gasteiger partial charge in [-0.15, -0.1) is 21.5 Å². The van der Waals surface area contributed by atoms with Crippen molar-refractivity contribution in [1.82, 2.24) is 20.2 Å². The standard InChI is InChI=1S/C10H7N5S2/c11-10-15-14-9(17-10)7-5-13-8(16-7)6-3-1-2-4-12-6/h1-5H,(H2,11,15). The van der Waals surface area contributed by atoms with E-state index in [0.29, 0.717) is 5.13 Å². The summed E-state index contributed by atoms with van der Waals surface area (Å²) < 4.78 is 0. The van der Waals surface area contributed by atoms with Crippen LogP contribution in [0, 0.1) is 0 Å². The van der Waals surface area contributed by atoms with E-state index in [4.69, 9.17) is 5.73 Å². The normalized spacial score (nSPS) is 10.6. The summed E-state index contributed by atoms with van der Waals surface area (Å²) in [6, 6.07) is 5.74. The molecule has 0 aliphatic heterocycles. The van der Waals surface area contributed by atoms with Crippen LogP contribution in [0.1, 0.15) is 0 Å². The molecule has 0 aromatic carbocycles. The van der Waals surface area contributed by atoms with Gasteiger partial charge in [-0.25, -0.2) is 4.98 Å². The number of rotatable bonds is 2. The van der Waals surface area contributed by atoms with E-state index in [2.05, 4.69) is 20.2 Å². The average Bonchev–Trinajstić information content (AvgIpc) is 2.98. The van der Waals surface area contributed by atoms with E-state index >= 15 is 0 Å². The van der Waals surface area contributed by atoms with Gasteiger partial charge in [0.1, 0.15) is 5.01 Å². The summed E-state index contributed by atoms with van der Waals surface area (Å²) in [6.45, 7) is 0. The monoisotopic (exact) mass is 261 g/mol. The van der Waals surface area contributed by atoms with Crippen molar-refractivity contribution in [3.63, 3.8) is 0 Å². The molecule has 0 aliphatic rings. The molecule has 3 heterocycles. The molecule has 0 fully saturated rings. The van der Waals surface area contributed by atoms with Crippen molar-refractivity contribution in [1.29, 1.82) is 0 Å². The molecule has 0 amide bonds. The minimum absolute atomic E-state index is 0.466. The molecule has 84 valence electrons. The van der Waals surface area contributed by atoms with Crippen molar-refractivity contribution in [3.8, 4) is 20.6 Å². The highest BCUT2D eigenvalue weighted by molar-refractivity contribution is 7.24. The molecular weight excluding hydrogens is 254 g/mol. The molecule has 0 atom stereocenters. The molecule has 0 saturated carbocycles. The summed E-state index contributed by atoms with van der Waals surface area (Å²) in [5.41, 5.74) is 6.41. The topological polar surface area (TPSA) is 77.6 Å². The van der Waals surface area contributed by atoms with Crippen LogP contribution in [0.25, 0.3) is 20.6 Å². The van der Waals surface area contributed by atoms with Gasteiger partial charge in [0.2, 0.25) is 5.13 Å². The second-order valence-corrected chi connectivity index (χ2v) is 5.23. The van der Waals surface area contributed by atoms with Crippen LogP contribution in [0.4, 0.5) is 5.13 Å². The summed E-state index contributed by atoms with van der Waals surface area (Å²) in [6.07, 6.45) is 3.52. The van der Waals surface area contributed by atoms with Gasteiger partial charge in [-0.2, -0.15) is 0 Å². The molecule has 0 aliphatic carbocycles. The minimum atomic E-state index is 0.466. The smallest absolute Gasteiger partial charge is 0.203 e. The summed E-state index contributed by atoms with van der Waals surface area (Å²) in [7, 11) is 0. The van der Waals surface area contributed by atoms with Crippen LogP contribution in [0.15, 0.2) is 30.6 Å². The third-order valence-corrected chi connectivity index (χ3v) is 3.98. The van der Waals surface area contributed by atoms with Gasteiger partial charge in [-0.05, 0) is 12.1 Å². The maximum absolute atomic E-state index is 5.55. The fourth-order valence-electron chi connectivity index (χ4n) is 1.31. The molecule has 3 aromatic heterocycles. The highest BCUT2D eigenvalue weighted by Gasteiger charge is 2.10. The first-order valence-corrected chi connectivity index (χ1v) is 6.43. The lowest BCUT2D eigenvalue weighted by Gasteiger charge is -1.91. The number of aromatic nitrogens is 4. The molecule has 2 N–H and O–H groups in total. The first-order chi connectivity index (χ1) is 8.33. The zero-order chi connectivity index (χ0) is 11.7. The van der Waals surface area contributed by atoms with Gasteiger partial charge in [0.05, 0.1) is 10.6 Å². The van der Waals surface area contributed by atoms with Crippen LogP contribution in [-0.4, -0.2) is 20.2 Å². The number of hydrogen-bond donors (Lipinski definition) is 1. The number of anilines is 1. The van der Waals surface area contributed by atoms with Crippen LogP contribution in [-0.2, 0) is 0 Å². The van der Waals surface area contributed by atoms with Crippen LogP contribution >= 0.6 is 22.7 Å². The first kappa shape index (κ1) is 10.3. The highest BCUT2D eigenvalue weighted by atomic mass is 32.1. The Balaban J connectivity index is 1.99. The molecule has 0 radical (unpaired) electrons. The van der Waals surface area contributed by atoms with Crippen LogP contribution < -0.4 is 5.73 Å². The summed E-state index contributed by atoms with van der Waals surface area (Å²) in [4.78, 5) is 9.54. The van der Waals surface area contributed by atoms with Crippen LogP contribution in [0.5, 0.6) is 0 Å². The quantitative estimate of drug-likeness (QED) is 0.766. The molecule has 5 nitrogen and oxygen atoms in total. The summed E-state index contributed by atoms with van der Waals surface area (Å²) in [5.74, 6) is 0. The third-order valence-electron chi connectivity index (χ3n) is 2.04. The van der Waals surface area contributed by atoms with E-state index in [-0.39, 0.29) is 0 Å². The van der Waals surface area contributed by atoms with E-state index in [1.807, 2.05) is 18.2 Å². The Morgan fingerprint density at radius 2 is 1.94 bits per heavy atom. The largest absolute Gasteiger partial charge is 0.374 e. The Hall–Kier alpha value is -1.86. The minimum Gasteiger partial charge on any atom is -0.374 e. The predicted octanol–water partition coefficient (Wildman–Crippen LogP) is 2.31. The molecule has 0 spiro atoms. The number of pyridine rings is 1. The molecule has 3 aromatic rings. The van der Waals surface area contributed by atoms with Gasteiger partial charge in [-0.3, -0.25) is 4.98 Å². The van der Waals surface area contributed by atoms with Gasteiger partial charge in [0.15, 0.2) is 5.01 Å². The lowest BCUT2D eigenvalue weighted by molar-refractivity contribution is 1.10. The zero-order valence-corrected chi connectivity index (χ0v) is 10.2. The molecule has 7 heteroatoms. The summed E-state index contributed by atoms with van der Waals surface area (Å²) in [5, 5.41) is 9.90. The summed E-state index contributed by atoms with van der Waals surface area (Å²) >= 11 is 2.89. The number of nitrogens with zero attached hydrogens (tertiary/aromatic N) is 4. The van der Waals surface area contributed by atoms with Crippen molar-refractivity contribution >= 4 is 27.8 Å². The molecule has 0 unspecified atom stereocenters. The third kappa shape index (κ3) is 2.02. The van der Waals surface area contributed by atoms with Crippen molar-refractivity contribution < 1.29 is 0 Å². The molecule has 0 bridgehead atoms. The lowest BCUT2D eigenvalue weighted by atomic mass is 10.4. The van der Waals surface area contributed by atoms with E-state index in [0.717, 1.165) is 20.6 Å². The Morgan fingerprint density at radius 1 is 1.00 bits per heavy atom. The van der Waals surface area contributed by atoms with E-state index in [9.17, 15) is 0 Å². The SMILES string of the molecule is Nc1nnc(-c2cnc(-c3ccccn3)s2)s1. The van der Waals surface area contributed by atoms with E-state index < -0.39 is 0 Å². The van der Waals surface area contributed by atoms with Gasteiger partial charge in [0.25, 0.3) is 0 Å². The van der Waals surface area contributed by atoms with Crippen molar-refractivity contribution in [2.24, 2.45) is 0 Å². The molecule has 0 saturated heterocycles. The number of hydrogen-bond acceptors (Lipinski definition) is 7.